The number of hydrogen-bond donors (Lipinski definition) is 4. The first-order chi connectivity index (χ1) is 28.4. The van der Waals surface area contributed by atoms with Crippen molar-refractivity contribution < 1.29 is 38.3 Å². The maximum absolute atomic E-state index is 13.8. The third-order valence-electron chi connectivity index (χ3n) is 11.6. The standard InChI is InChI=1S/C43H54N8O8/c1-25(2)35(48-41(54)56-5)39(52)50-33(10-7-8-21-58-50)37-44-23-31(46-37)29-15-11-27(12-16-29)28-13-17-30(18-14-28)32-24-45-38(47-32)34-22-43(19-9-20-43)59-51(34)40(53)36(26(3)4)49-42(55)57-6/h11-18,23-26,33-36H,7-10,19-22H2,1-6H3,(H,44,46)(H,45,47)(H,48,54)(H,49,55). The van der Waals surface area contributed by atoms with Crippen molar-refractivity contribution in [3.8, 4) is 33.6 Å². The number of nitrogens with zero attached hydrogens (tertiary/aromatic N) is 4. The summed E-state index contributed by atoms with van der Waals surface area (Å²) in [6.45, 7) is 7.84. The van der Waals surface area contributed by atoms with Crippen molar-refractivity contribution in [2.75, 3.05) is 20.8 Å². The van der Waals surface area contributed by atoms with E-state index < -0.39 is 42.0 Å². The van der Waals surface area contributed by atoms with Crippen LogP contribution >= 0.6 is 0 Å². The van der Waals surface area contributed by atoms with E-state index in [1.165, 1.54) is 24.3 Å². The van der Waals surface area contributed by atoms with Crippen molar-refractivity contribution in [3.63, 3.8) is 0 Å². The normalized spacial score (nSPS) is 19.9. The molecule has 0 bridgehead atoms. The molecule has 1 saturated carbocycles. The smallest absolute Gasteiger partial charge is 0.407 e. The molecular weight excluding hydrogens is 757 g/mol. The Morgan fingerprint density at radius 3 is 1.63 bits per heavy atom. The number of alkyl carbamates (subject to hydrolysis) is 2. The summed E-state index contributed by atoms with van der Waals surface area (Å²) in [5.74, 6) is 0.158. The second kappa shape index (κ2) is 17.6. The number of methoxy groups -OCH3 is 2. The first-order valence-corrected chi connectivity index (χ1v) is 20.4. The minimum atomic E-state index is -0.826. The van der Waals surface area contributed by atoms with Gasteiger partial charge in [-0.2, -0.15) is 0 Å². The van der Waals surface area contributed by atoms with E-state index in [-0.39, 0.29) is 23.7 Å². The SMILES string of the molecule is COC(=O)NC(C(=O)N1OCCCCC1c1ncc(-c2ccc(-c3ccc(-c4cnc(C5CC6(CCC6)ON5C(=O)C(NC(=O)OC)C(C)C)[nH]4)cc3)cc2)[nH]1)C(C)C. The molecule has 3 fully saturated rings. The number of aromatic amines is 2. The average molecular weight is 811 g/mol. The summed E-state index contributed by atoms with van der Waals surface area (Å²) in [6.07, 6.45) is 7.85. The van der Waals surface area contributed by atoms with Crippen molar-refractivity contribution in [2.45, 2.75) is 102 Å². The molecule has 2 aromatic carbocycles. The highest BCUT2D eigenvalue weighted by Gasteiger charge is 2.54. The van der Waals surface area contributed by atoms with Gasteiger partial charge in [-0.05, 0) is 72.6 Å². The fourth-order valence-corrected chi connectivity index (χ4v) is 7.96. The van der Waals surface area contributed by atoms with Crippen LogP contribution in [0.2, 0.25) is 0 Å². The number of carbonyl (C=O) groups excluding carboxylic acids is 4. The highest BCUT2D eigenvalue weighted by molar-refractivity contribution is 5.86. The Balaban J connectivity index is 1.04. The van der Waals surface area contributed by atoms with E-state index in [1.54, 1.807) is 12.4 Å². The quantitative estimate of drug-likeness (QED) is 0.123. The maximum atomic E-state index is 13.8. The van der Waals surface area contributed by atoms with Crippen LogP contribution in [0.15, 0.2) is 60.9 Å². The molecule has 59 heavy (non-hydrogen) atoms. The van der Waals surface area contributed by atoms with Crippen LogP contribution in [0, 0.1) is 11.8 Å². The summed E-state index contributed by atoms with van der Waals surface area (Å²) >= 11 is 0. The van der Waals surface area contributed by atoms with E-state index in [9.17, 15) is 19.2 Å². The lowest BCUT2D eigenvalue weighted by atomic mass is 9.77. The van der Waals surface area contributed by atoms with Crippen molar-refractivity contribution in [1.82, 2.24) is 40.7 Å². The van der Waals surface area contributed by atoms with Gasteiger partial charge in [-0.3, -0.25) is 19.3 Å². The van der Waals surface area contributed by atoms with Crippen molar-refractivity contribution in [1.29, 1.82) is 0 Å². The minimum absolute atomic E-state index is 0.191. The summed E-state index contributed by atoms with van der Waals surface area (Å²) in [4.78, 5) is 80.3. The molecular formula is C43H54N8O8. The van der Waals surface area contributed by atoms with Gasteiger partial charge < -0.3 is 30.1 Å². The van der Waals surface area contributed by atoms with E-state index >= 15 is 0 Å². The zero-order chi connectivity index (χ0) is 41.8. The molecule has 1 spiro atoms. The lowest BCUT2D eigenvalue weighted by Gasteiger charge is -2.37. The molecule has 4 heterocycles. The summed E-state index contributed by atoms with van der Waals surface area (Å²) in [7, 11) is 2.54. The van der Waals surface area contributed by atoms with Crippen molar-refractivity contribution in [3.05, 3.63) is 72.6 Å². The Kier molecular flexibility index (Phi) is 12.4. The highest BCUT2D eigenvalue weighted by Crippen LogP contribution is 2.50. The predicted molar refractivity (Wildman–Crippen MR) is 217 cm³/mol. The van der Waals surface area contributed by atoms with E-state index in [1.807, 2.05) is 52.0 Å². The number of hydrogen-bond acceptors (Lipinski definition) is 10. The van der Waals surface area contributed by atoms with Crippen LogP contribution < -0.4 is 10.6 Å². The maximum Gasteiger partial charge on any atom is 0.407 e. The third-order valence-corrected chi connectivity index (χ3v) is 11.6. The van der Waals surface area contributed by atoms with Gasteiger partial charge in [0.1, 0.15) is 35.8 Å². The van der Waals surface area contributed by atoms with Crippen LogP contribution in [-0.4, -0.2) is 92.6 Å². The molecule has 7 rings (SSSR count). The van der Waals surface area contributed by atoms with Crippen molar-refractivity contribution in [2.24, 2.45) is 11.8 Å². The molecule has 4 amide bonds. The van der Waals surface area contributed by atoms with Crippen LogP contribution in [-0.2, 0) is 28.7 Å². The fraction of sp³-hybridized carbons (Fsp3) is 0.488. The zero-order valence-corrected chi connectivity index (χ0v) is 34.4. The lowest BCUT2D eigenvalue weighted by Crippen LogP contribution is -2.52. The third kappa shape index (κ3) is 8.83. The van der Waals surface area contributed by atoms with E-state index in [0.717, 1.165) is 65.7 Å². The molecule has 16 heteroatoms. The molecule has 2 aliphatic heterocycles. The molecule has 4 aromatic rings. The summed E-state index contributed by atoms with van der Waals surface area (Å²) < 4.78 is 9.55. The van der Waals surface area contributed by atoms with E-state index in [4.69, 9.17) is 24.1 Å². The lowest BCUT2D eigenvalue weighted by molar-refractivity contribution is -0.230. The number of benzene rings is 2. The Morgan fingerprint density at radius 1 is 0.695 bits per heavy atom. The van der Waals surface area contributed by atoms with Gasteiger partial charge in [0.05, 0.1) is 50.2 Å². The first-order valence-electron chi connectivity index (χ1n) is 20.4. The van der Waals surface area contributed by atoms with Gasteiger partial charge in [-0.1, -0.05) is 76.2 Å². The van der Waals surface area contributed by atoms with Gasteiger partial charge in [0.15, 0.2) is 0 Å². The Bertz CT molecular complexity index is 2110. The van der Waals surface area contributed by atoms with Crippen LogP contribution in [0.1, 0.15) is 96.4 Å². The summed E-state index contributed by atoms with van der Waals surface area (Å²) in [5.41, 5.74) is 5.13. The molecule has 4 unspecified atom stereocenters. The van der Waals surface area contributed by atoms with Gasteiger partial charge >= 0.3 is 12.2 Å². The Labute approximate surface area is 343 Å². The van der Waals surface area contributed by atoms with Gasteiger partial charge in [0, 0.05) is 6.42 Å². The molecule has 4 N–H and O–H groups in total. The topological polar surface area (TPSA) is 193 Å². The highest BCUT2D eigenvalue weighted by atomic mass is 16.7. The molecule has 1 aliphatic carbocycles. The molecule has 3 aliphatic rings. The number of H-pyrrole nitrogens is 2. The van der Waals surface area contributed by atoms with Gasteiger partial charge in [0.2, 0.25) is 0 Å². The minimum Gasteiger partial charge on any atom is -0.453 e. The van der Waals surface area contributed by atoms with Crippen LogP contribution in [0.3, 0.4) is 0 Å². The van der Waals surface area contributed by atoms with E-state index in [0.29, 0.717) is 31.1 Å². The second-order valence-corrected chi connectivity index (χ2v) is 16.3. The molecule has 0 radical (unpaired) electrons. The van der Waals surface area contributed by atoms with Gasteiger partial charge in [0.25, 0.3) is 11.8 Å². The number of aromatic nitrogens is 4. The number of rotatable bonds is 11. The number of carbonyl (C=O) groups is 4. The zero-order valence-electron chi connectivity index (χ0n) is 34.4. The van der Waals surface area contributed by atoms with Crippen LogP contribution in [0.4, 0.5) is 9.59 Å². The van der Waals surface area contributed by atoms with E-state index in [2.05, 4.69) is 49.9 Å². The molecule has 2 saturated heterocycles. The average Bonchev–Trinajstić information content (AvgIpc) is 3.98. The second-order valence-electron chi connectivity index (χ2n) is 16.3. The van der Waals surface area contributed by atoms with Crippen LogP contribution in [0.25, 0.3) is 33.6 Å². The Morgan fingerprint density at radius 2 is 1.17 bits per heavy atom. The van der Waals surface area contributed by atoms with Crippen LogP contribution in [0.5, 0.6) is 0 Å². The van der Waals surface area contributed by atoms with Crippen molar-refractivity contribution >= 4 is 24.0 Å². The molecule has 4 atom stereocenters. The fourth-order valence-electron chi connectivity index (χ4n) is 7.96. The Hall–Kier alpha value is -5.74. The molecule has 2 aromatic heterocycles. The number of nitrogens with one attached hydrogen (secondary N) is 4. The van der Waals surface area contributed by atoms with Gasteiger partial charge in [-0.25, -0.2) is 29.7 Å². The number of amides is 4. The molecule has 16 nitrogen and oxygen atoms in total. The summed E-state index contributed by atoms with van der Waals surface area (Å²) in [5, 5.41) is 8.11. The number of hydroxylamine groups is 4. The number of imidazole rings is 2. The largest absolute Gasteiger partial charge is 0.453 e. The monoisotopic (exact) mass is 810 g/mol. The number of ether oxygens (including phenoxy) is 2. The first kappa shape index (κ1) is 41.4. The predicted octanol–water partition coefficient (Wildman–Crippen LogP) is 7.01. The molecule has 314 valence electrons. The van der Waals surface area contributed by atoms with Gasteiger partial charge in [-0.15, -0.1) is 0 Å². The summed E-state index contributed by atoms with van der Waals surface area (Å²) in [6, 6.07) is 13.8.